The van der Waals surface area contributed by atoms with Crippen LogP contribution in [0.5, 0.6) is 11.5 Å². The second kappa shape index (κ2) is 5.31. The van der Waals surface area contributed by atoms with Gasteiger partial charge in [0, 0.05) is 12.6 Å². The third-order valence-electron chi connectivity index (χ3n) is 3.92. The highest BCUT2D eigenvalue weighted by molar-refractivity contribution is 9.10. The van der Waals surface area contributed by atoms with Gasteiger partial charge in [-0.15, -0.1) is 0 Å². The Morgan fingerprint density at radius 2 is 2.16 bits per heavy atom. The number of hydrogen-bond donors (Lipinski definition) is 1. The molecule has 1 aromatic carbocycles. The summed E-state index contributed by atoms with van der Waals surface area (Å²) in [4.78, 5) is 2.42. The van der Waals surface area contributed by atoms with Crippen LogP contribution in [0.4, 0.5) is 0 Å². The number of ether oxygens (including phenoxy) is 2. The van der Waals surface area contributed by atoms with Gasteiger partial charge in [0.2, 0.25) is 0 Å². The van der Waals surface area contributed by atoms with Gasteiger partial charge in [0.1, 0.15) is 13.2 Å². The zero-order chi connectivity index (χ0) is 13.4. The van der Waals surface area contributed by atoms with Crippen LogP contribution in [0.3, 0.4) is 0 Å². The normalized spacial score (nSPS) is 26.7. The first-order valence-electron chi connectivity index (χ1n) is 6.79. The molecule has 0 spiro atoms. The van der Waals surface area contributed by atoms with Gasteiger partial charge in [-0.25, -0.2) is 0 Å². The van der Waals surface area contributed by atoms with Crippen LogP contribution < -0.4 is 15.2 Å². The highest BCUT2D eigenvalue weighted by Crippen LogP contribution is 2.42. The molecule has 2 aliphatic rings. The average Bonchev–Trinajstić information content (AvgIpc) is 2.80. The summed E-state index contributed by atoms with van der Waals surface area (Å²) in [5.41, 5.74) is 7.49. The monoisotopic (exact) mass is 326 g/mol. The number of benzene rings is 1. The fraction of sp³-hybridized carbons (Fsp3) is 0.571. The largest absolute Gasteiger partial charge is 0.486 e. The van der Waals surface area contributed by atoms with E-state index >= 15 is 0 Å². The SMILES string of the molecule is CCN1CCC(N)C1c1cc(Br)c2c(c1)OCCO2. The maximum absolute atomic E-state index is 6.27. The van der Waals surface area contributed by atoms with Crippen molar-refractivity contribution < 1.29 is 9.47 Å². The topological polar surface area (TPSA) is 47.7 Å². The number of hydrogen-bond acceptors (Lipinski definition) is 4. The Kier molecular flexibility index (Phi) is 3.69. The number of nitrogens with zero attached hydrogens (tertiary/aromatic N) is 1. The summed E-state index contributed by atoms with van der Waals surface area (Å²) in [5.74, 6) is 1.63. The first-order valence-corrected chi connectivity index (χ1v) is 7.58. The highest BCUT2D eigenvalue weighted by Gasteiger charge is 2.33. The lowest BCUT2D eigenvalue weighted by Crippen LogP contribution is -2.31. The van der Waals surface area contributed by atoms with Crippen LogP contribution in [0.2, 0.25) is 0 Å². The van der Waals surface area contributed by atoms with Gasteiger partial charge < -0.3 is 15.2 Å². The van der Waals surface area contributed by atoms with Crippen LogP contribution in [-0.2, 0) is 0 Å². The first kappa shape index (κ1) is 13.2. The first-order chi connectivity index (χ1) is 9.20. The Hall–Kier alpha value is -0.780. The minimum Gasteiger partial charge on any atom is -0.486 e. The zero-order valence-electron chi connectivity index (χ0n) is 11.1. The molecular weight excluding hydrogens is 308 g/mol. The second-order valence-electron chi connectivity index (χ2n) is 5.05. The molecule has 4 nitrogen and oxygen atoms in total. The van der Waals surface area contributed by atoms with Crippen LogP contribution in [0, 0.1) is 0 Å². The van der Waals surface area contributed by atoms with E-state index in [0.717, 1.165) is 35.5 Å². The van der Waals surface area contributed by atoms with E-state index in [1.54, 1.807) is 0 Å². The van der Waals surface area contributed by atoms with E-state index in [1.807, 2.05) is 0 Å². The van der Waals surface area contributed by atoms with E-state index in [-0.39, 0.29) is 12.1 Å². The van der Waals surface area contributed by atoms with E-state index < -0.39 is 0 Å². The fourth-order valence-corrected chi connectivity index (χ4v) is 3.57. The number of rotatable bonds is 2. The molecule has 19 heavy (non-hydrogen) atoms. The molecule has 2 heterocycles. The molecule has 1 saturated heterocycles. The lowest BCUT2D eigenvalue weighted by molar-refractivity contribution is 0.169. The predicted octanol–water partition coefficient (Wildman–Crippen LogP) is 2.31. The van der Waals surface area contributed by atoms with Crippen LogP contribution >= 0.6 is 15.9 Å². The van der Waals surface area contributed by atoms with Crippen molar-refractivity contribution in [3.8, 4) is 11.5 Å². The van der Waals surface area contributed by atoms with Gasteiger partial charge in [0.15, 0.2) is 11.5 Å². The van der Waals surface area contributed by atoms with Crippen LogP contribution in [-0.4, -0.2) is 37.2 Å². The van der Waals surface area contributed by atoms with Gasteiger partial charge >= 0.3 is 0 Å². The highest BCUT2D eigenvalue weighted by atomic mass is 79.9. The zero-order valence-corrected chi connectivity index (χ0v) is 12.6. The van der Waals surface area contributed by atoms with Gasteiger partial charge in [0.05, 0.1) is 10.5 Å². The molecule has 3 rings (SSSR count). The van der Waals surface area contributed by atoms with Gasteiger partial charge in [0.25, 0.3) is 0 Å². The van der Waals surface area contributed by atoms with Crippen LogP contribution in [0.25, 0.3) is 0 Å². The van der Waals surface area contributed by atoms with Gasteiger partial charge in [-0.1, -0.05) is 6.92 Å². The van der Waals surface area contributed by atoms with E-state index in [4.69, 9.17) is 15.2 Å². The lowest BCUT2D eigenvalue weighted by atomic mass is 10.00. The number of likely N-dealkylation sites (tertiary alicyclic amines) is 1. The molecular formula is C14H19BrN2O2. The lowest BCUT2D eigenvalue weighted by Gasteiger charge is -2.28. The molecule has 0 aliphatic carbocycles. The van der Waals surface area contributed by atoms with Crippen molar-refractivity contribution in [2.45, 2.75) is 25.4 Å². The third kappa shape index (κ3) is 2.35. The van der Waals surface area contributed by atoms with E-state index in [1.165, 1.54) is 5.56 Å². The Morgan fingerprint density at radius 3 is 2.95 bits per heavy atom. The Labute approximate surface area is 122 Å². The van der Waals surface area contributed by atoms with E-state index in [0.29, 0.717) is 13.2 Å². The van der Waals surface area contributed by atoms with Crippen molar-refractivity contribution in [2.24, 2.45) is 5.73 Å². The summed E-state index contributed by atoms with van der Waals surface area (Å²) < 4.78 is 12.3. The molecule has 0 aromatic heterocycles. The predicted molar refractivity (Wildman–Crippen MR) is 77.7 cm³/mol. The smallest absolute Gasteiger partial charge is 0.175 e. The van der Waals surface area contributed by atoms with E-state index in [2.05, 4.69) is 39.9 Å². The molecule has 0 bridgehead atoms. The molecule has 5 heteroatoms. The maximum Gasteiger partial charge on any atom is 0.175 e. The van der Waals surface area contributed by atoms with Gasteiger partial charge in [-0.2, -0.15) is 0 Å². The molecule has 1 aromatic rings. The van der Waals surface area contributed by atoms with E-state index in [9.17, 15) is 0 Å². The second-order valence-corrected chi connectivity index (χ2v) is 5.91. The molecule has 2 aliphatic heterocycles. The fourth-order valence-electron chi connectivity index (χ4n) is 3.00. The summed E-state index contributed by atoms with van der Waals surface area (Å²) >= 11 is 3.58. The van der Waals surface area contributed by atoms with Crippen molar-refractivity contribution in [3.63, 3.8) is 0 Å². The molecule has 1 fully saturated rings. The summed E-state index contributed by atoms with van der Waals surface area (Å²) in [6.45, 7) is 5.48. The van der Waals surface area contributed by atoms with Gasteiger partial charge in [-0.3, -0.25) is 4.90 Å². The number of nitrogens with two attached hydrogens (primary N) is 1. The minimum atomic E-state index is 0.189. The van der Waals surface area contributed by atoms with Crippen molar-refractivity contribution in [2.75, 3.05) is 26.3 Å². The molecule has 0 saturated carbocycles. The third-order valence-corrected chi connectivity index (χ3v) is 4.50. The van der Waals surface area contributed by atoms with Crippen molar-refractivity contribution in [3.05, 3.63) is 22.2 Å². The number of halogens is 1. The molecule has 2 unspecified atom stereocenters. The van der Waals surface area contributed by atoms with Crippen molar-refractivity contribution in [1.29, 1.82) is 0 Å². The molecule has 2 atom stereocenters. The van der Waals surface area contributed by atoms with Gasteiger partial charge in [-0.05, 0) is 46.6 Å². The van der Waals surface area contributed by atoms with Crippen molar-refractivity contribution in [1.82, 2.24) is 4.90 Å². The molecule has 0 amide bonds. The van der Waals surface area contributed by atoms with Crippen molar-refractivity contribution >= 4 is 15.9 Å². The Balaban J connectivity index is 1.98. The molecule has 0 radical (unpaired) electrons. The molecule has 2 N–H and O–H groups in total. The molecule has 104 valence electrons. The Morgan fingerprint density at radius 1 is 1.37 bits per heavy atom. The standard InChI is InChI=1S/C14H19BrN2O2/c1-2-17-4-3-11(16)13(17)9-7-10(15)14-12(8-9)18-5-6-19-14/h7-8,11,13H,2-6,16H2,1H3. The quantitative estimate of drug-likeness (QED) is 0.906. The Bertz CT molecular complexity index is 481. The summed E-state index contributed by atoms with van der Waals surface area (Å²) in [5, 5.41) is 0. The number of likely N-dealkylation sites (N-methyl/N-ethyl adjacent to an activating group) is 1. The maximum atomic E-state index is 6.27. The minimum absolute atomic E-state index is 0.189. The van der Waals surface area contributed by atoms with Crippen LogP contribution in [0.15, 0.2) is 16.6 Å². The average molecular weight is 327 g/mol. The summed E-state index contributed by atoms with van der Waals surface area (Å²) in [7, 11) is 0. The summed E-state index contributed by atoms with van der Waals surface area (Å²) in [6, 6.07) is 4.66. The van der Waals surface area contributed by atoms with Crippen LogP contribution in [0.1, 0.15) is 24.9 Å². The summed E-state index contributed by atoms with van der Waals surface area (Å²) in [6.07, 6.45) is 1.05. The number of fused-ring (bicyclic) bond motifs is 1.